The maximum Gasteiger partial charge on any atom is 0.245 e. The third-order valence-electron chi connectivity index (χ3n) is 8.01. The second-order valence-corrected chi connectivity index (χ2v) is 12.0. The standard InChI is InChI=1S/C33H36FN7O3/c1-5-31(42)40-12-9-21(10-13-40)38-28-16-24-27(17-29(28)43-4)36-20-37-32(24)39-26-7-6-22(14-25(26)34)44-23-8-11-35-30(15-23)41-18-33(2,3)19-41/h5-8,11,14-17,20-21,38H,1,9-10,12-13,18-19H2,2-4H3,(H,36,37,39). The number of amides is 1. The number of fused-ring (bicyclic) bond motifs is 1. The molecule has 44 heavy (non-hydrogen) atoms. The molecule has 1 amide bonds. The number of hydrogen-bond donors (Lipinski definition) is 2. The van der Waals surface area contributed by atoms with Crippen molar-refractivity contribution >= 4 is 39.8 Å². The van der Waals surface area contributed by atoms with Gasteiger partial charge in [0.15, 0.2) is 0 Å². The van der Waals surface area contributed by atoms with E-state index in [1.165, 1.54) is 18.5 Å². The molecule has 11 heteroatoms. The number of hydrogen-bond acceptors (Lipinski definition) is 9. The van der Waals surface area contributed by atoms with Crippen LogP contribution in [-0.2, 0) is 4.79 Å². The zero-order chi connectivity index (χ0) is 30.8. The Hall–Kier alpha value is -4.93. The lowest BCUT2D eigenvalue weighted by molar-refractivity contribution is -0.126. The Bertz CT molecular complexity index is 1700. The summed E-state index contributed by atoms with van der Waals surface area (Å²) in [5.41, 5.74) is 1.94. The van der Waals surface area contributed by atoms with Crippen LogP contribution < -0.4 is 25.0 Å². The third-order valence-corrected chi connectivity index (χ3v) is 8.01. The van der Waals surface area contributed by atoms with E-state index >= 15 is 4.39 Å². The Morgan fingerprint density at radius 3 is 2.52 bits per heavy atom. The number of halogens is 1. The number of nitrogens with one attached hydrogen (secondary N) is 2. The van der Waals surface area contributed by atoms with Crippen LogP contribution in [0.4, 0.5) is 27.4 Å². The molecule has 0 spiro atoms. The summed E-state index contributed by atoms with van der Waals surface area (Å²) < 4.78 is 27.0. The highest BCUT2D eigenvalue weighted by atomic mass is 19.1. The van der Waals surface area contributed by atoms with E-state index in [0.717, 1.165) is 37.4 Å². The minimum Gasteiger partial charge on any atom is -0.495 e. The van der Waals surface area contributed by atoms with Crippen LogP contribution in [0.1, 0.15) is 26.7 Å². The van der Waals surface area contributed by atoms with Gasteiger partial charge in [0.25, 0.3) is 0 Å². The topological polar surface area (TPSA) is 105 Å². The Morgan fingerprint density at radius 1 is 1.05 bits per heavy atom. The number of rotatable bonds is 9. The highest BCUT2D eigenvalue weighted by Gasteiger charge is 2.35. The highest BCUT2D eigenvalue weighted by molar-refractivity contribution is 5.95. The van der Waals surface area contributed by atoms with Crippen LogP contribution >= 0.6 is 0 Å². The summed E-state index contributed by atoms with van der Waals surface area (Å²) in [4.78, 5) is 29.2. The van der Waals surface area contributed by atoms with Gasteiger partial charge in [-0.25, -0.2) is 19.3 Å². The first-order valence-corrected chi connectivity index (χ1v) is 14.7. The Kier molecular flexibility index (Phi) is 7.94. The third kappa shape index (κ3) is 6.22. The van der Waals surface area contributed by atoms with Crippen molar-refractivity contribution in [1.29, 1.82) is 0 Å². The number of ether oxygens (including phenoxy) is 2. The number of anilines is 4. The number of aromatic nitrogens is 3. The van der Waals surface area contributed by atoms with Gasteiger partial charge in [0.2, 0.25) is 5.91 Å². The maximum atomic E-state index is 15.3. The summed E-state index contributed by atoms with van der Waals surface area (Å²) >= 11 is 0. The Labute approximate surface area is 255 Å². The van der Waals surface area contributed by atoms with E-state index in [1.54, 1.807) is 36.4 Å². The average molecular weight is 598 g/mol. The first-order valence-electron chi connectivity index (χ1n) is 14.7. The fourth-order valence-electron chi connectivity index (χ4n) is 5.77. The molecule has 2 saturated heterocycles. The van der Waals surface area contributed by atoms with Crippen molar-refractivity contribution in [2.45, 2.75) is 32.7 Å². The van der Waals surface area contributed by atoms with Gasteiger partial charge < -0.3 is 29.9 Å². The van der Waals surface area contributed by atoms with Gasteiger partial charge in [0.1, 0.15) is 41.0 Å². The van der Waals surface area contributed by atoms with Crippen molar-refractivity contribution in [1.82, 2.24) is 19.9 Å². The van der Waals surface area contributed by atoms with E-state index in [0.29, 0.717) is 47.1 Å². The SMILES string of the molecule is C=CC(=O)N1CCC(Nc2cc3c(Nc4ccc(Oc5ccnc(N6CC(C)(C)C6)c5)cc4F)ncnc3cc2OC)CC1. The number of benzene rings is 2. The van der Waals surface area contributed by atoms with Crippen LogP contribution in [0.3, 0.4) is 0 Å². The van der Waals surface area contributed by atoms with Crippen LogP contribution in [0.15, 0.2) is 67.6 Å². The monoisotopic (exact) mass is 597 g/mol. The van der Waals surface area contributed by atoms with Crippen LogP contribution in [-0.4, -0.2) is 65.1 Å². The normalized spacial score (nSPS) is 16.3. The summed E-state index contributed by atoms with van der Waals surface area (Å²) in [6.07, 6.45) is 6.05. The predicted molar refractivity (Wildman–Crippen MR) is 169 cm³/mol. The number of methoxy groups -OCH3 is 1. The molecule has 0 unspecified atom stereocenters. The number of likely N-dealkylation sites (tertiary alicyclic amines) is 1. The minimum atomic E-state index is -0.485. The van der Waals surface area contributed by atoms with Gasteiger partial charge in [-0.15, -0.1) is 0 Å². The maximum absolute atomic E-state index is 15.3. The molecule has 2 aromatic heterocycles. The molecule has 0 aliphatic carbocycles. The lowest BCUT2D eigenvalue weighted by Gasteiger charge is -2.46. The number of carbonyl (C=O) groups excluding carboxylic acids is 1. The van der Waals surface area contributed by atoms with Gasteiger partial charge in [0, 0.05) is 62.0 Å². The van der Waals surface area contributed by atoms with Crippen molar-refractivity contribution in [2.24, 2.45) is 5.41 Å². The summed E-state index contributed by atoms with van der Waals surface area (Å²) in [5.74, 6) is 2.36. The number of piperidine rings is 1. The molecule has 2 aliphatic rings. The van der Waals surface area contributed by atoms with Crippen molar-refractivity contribution in [3.05, 3.63) is 73.5 Å². The molecule has 2 aliphatic heterocycles. The molecule has 2 fully saturated rings. The molecular weight excluding hydrogens is 561 g/mol. The van der Waals surface area contributed by atoms with Crippen LogP contribution in [0.5, 0.6) is 17.2 Å². The van der Waals surface area contributed by atoms with E-state index in [9.17, 15) is 4.79 Å². The second-order valence-electron chi connectivity index (χ2n) is 12.0. The lowest BCUT2D eigenvalue weighted by atomic mass is 9.84. The smallest absolute Gasteiger partial charge is 0.245 e. The summed E-state index contributed by atoms with van der Waals surface area (Å²) in [6.45, 7) is 11.2. The van der Waals surface area contributed by atoms with E-state index in [4.69, 9.17) is 9.47 Å². The minimum absolute atomic E-state index is 0.0516. The second kappa shape index (κ2) is 12.0. The van der Waals surface area contributed by atoms with E-state index < -0.39 is 5.82 Å². The first kappa shape index (κ1) is 29.2. The molecule has 0 saturated carbocycles. The zero-order valence-electron chi connectivity index (χ0n) is 25.1. The van der Waals surface area contributed by atoms with E-state index in [2.05, 4.69) is 50.9 Å². The molecule has 0 bridgehead atoms. The summed E-state index contributed by atoms with van der Waals surface area (Å²) in [6, 6.07) is 12.2. The van der Waals surface area contributed by atoms with Gasteiger partial charge in [0.05, 0.1) is 24.0 Å². The zero-order valence-corrected chi connectivity index (χ0v) is 25.1. The molecule has 0 atom stereocenters. The molecule has 4 aromatic rings. The Morgan fingerprint density at radius 2 is 1.82 bits per heavy atom. The van der Waals surface area contributed by atoms with Crippen molar-refractivity contribution < 1.29 is 18.7 Å². The first-order chi connectivity index (χ1) is 21.2. The fourth-order valence-corrected chi connectivity index (χ4v) is 5.77. The average Bonchev–Trinajstić information content (AvgIpc) is 3.01. The Balaban J connectivity index is 1.18. The van der Waals surface area contributed by atoms with Gasteiger partial charge >= 0.3 is 0 Å². The molecule has 4 heterocycles. The molecule has 2 aromatic carbocycles. The number of carbonyl (C=O) groups is 1. The highest BCUT2D eigenvalue weighted by Crippen LogP contribution is 2.37. The number of pyridine rings is 1. The lowest BCUT2D eigenvalue weighted by Crippen LogP contribution is -2.53. The van der Waals surface area contributed by atoms with Gasteiger partial charge in [-0.1, -0.05) is 20.4 Å². The van der Waals surface area contributed by atoms with Gasteiger partial charge in [-0.2, -0.15) is 0 Å². The van der Waals surface area contributed by atoms with Gasteiger partial charge in [-0.3, -0.25) is 4.79 Å². The molecule has 6 rings (SSSR count). The van der Waals surface area contributed by atoms with Crippen molar-refractivity contribution in [3.63, 3.8) is 0 Å². The number of nitrogens with zero attached hydrogens (tertiary/aromatic N) is 5. The largest absolute Gasteiger partial charge is 0.495 e. The molecular formula is C33H36FN7O3. The molecule has 0 radical (unpaired) electrons. The molecule has 2 N–H and O–H groups in total. The molecule has 10 nitrogen and oxygen atoms in total. The van der Waals surface area contributed by atoms with E-state index in [-0.39, 0.29) is 23.1 Å². The van der Waals surface area contributed by atoms with Crippen LogP contribution in [0, 0.1) is 11.2 Å². The molecule has 228 valence electrons. The van der Waals surface area contributed by atoms with Crippen molar-refractivity contribution in [3.8, 4) is 17.2 Å². The summed E-state index contributed by atoms with van der Waals surface area (Å²) in [7, 11) is 1.61. The van der Waals surface area contributed by atoms with Crippen molar-refractivity contribution in [2.75, 3.05) is 48.8 Å². The van der Waals surface area contributed by atoms with Gasteiger partial charge in [-0.05, 0) is 48.6 Å². The predicted octanol–water partition coefficient (Wildman–Crippen LogP) is 6.14. The quantitative estimate of drug-likeness (QED) is 0.220. The summed E-state index contributed by atoms with van der Waals surface area (Å²) in [5, 5.41) is 7.38. The van der Waals surface area contributed by atoms with E-state index in [1.807, 2.05) is 18.2 Å². The van der Waals surface area contributed by atoms with Crippen LogP contribution in [0.25, 0.3) is 10.9 Å². The van der Waals surface area contributed by atoms with Crippen LogP contribution in [0.2, 0.25) is 0 Å². The fraction of sp³-hybridized carbons (Fsp3) is 0.333.